The maximum Gasteiger partial charge on any atom is 0.189 e. The van der Waals surface area contributed by atoms with Crippen LogP contribution in [0.15, 0.2) is 89.3 Å². The average molecular weight is 429 g/mol. The van der Waals surface area contributed by atoms with Crippen LogP contribution in [0.4, 0.5) is 0 Å². The molecule has 2 unspecified atom stereocenters. The van der Waals surface area contributed by atoms with Gasteiger partial charge < -0.3 is 14.7 Å². The van der Waals surface area contributed by atoms with E-state index >= 15 is 0 Å². The van der Waals surface area contributed by atoms with Gasteiger partial charge in [0, 0.05) is 17.0 Å². The summed E-state index contributed by atoms with van der Waals surface area (Å²) >= 11 is 1.50. The minimum absolute atomic E-state index is 0.00144. The number of rotatable bonds is 4. The van der Waals surface area contributed by atoms with Crippen molar-refractivity contribution in [3.63, 3.8) is 0 Å². The number of amidine groups is 1. The number of aromatic hydroxyl groups is 1. The molecule has 0 spiro atoms. The van der Waals surface area contributed by atoms with Crippen molar-refractivity contribution >= 4 is 28.4 Å². The lowest BCUT2D eigenvalue weighted by Crippen LogP contribution is -2.40. The molecule has 0 saturated carbocycles. The van der Waals surface area contributed by atoms with E-state index in [4.69, 9.17) is 9.73 Å². The molecule has 0 saturated heterocycles. The molecule has 0 aliphatic carbocycles. The summed E-state index contributed by atoms with van der Waals surface area (Å²) in [6.07, 6.45) is 0. The molecular weight excluding hydrogens is 408 g/mol. The van der Waals surface area contributed by atoms with Gasteiger partial charge in [-0.1, -0.05) is 72.4 Å². The van der Waals surface area contributed by atoms with Crippen LogP contribution in [0.3, 0.4) is 0 Å². The largest absolute Gasteiger partial charge is 0.507 e. The van der Waals surface area contributed by atoms with Gasteiger partial charge >= 0.3 is 0 Å². The van der Waals surface area contributed by atoms with Gasteiger partial charge in [-0.15, -0.1) is 0 Å². The summed E-state index contributed by atoms with van der Waals surface area (Å²) in [5.74, 6) is 0.447. The van der Waals surface area contributed by atoms with Crippen molar-refractivity contribution in [2.24, 2.45) is 4.99 Å². The number of phenolic OH excluding ortho intramolecular Hbond substituents is 1. The Balaban J connectivity index is 1.63. The summed E-state index contributed by atoms with van der Waals surface area (Å²) in [7, 11) is 1.54. The van der Waals surface area contributed by atoms with Gasteiger partial charge in [-0.25, -0.2) is 4.99 Å². The summed E-state index contributed by atoms with van der Waals surface area (Å²) in [6.45, 7) is 0. The summed E-state index contributed by atoms with van der Waals surface area (Å²) in [4.78, 5) is 20.6. The molecule has 5 rings (SSSR count). The fourth-order valence-corrected chi connectivity index (χ4v) is 4.94. The van der Waals surface area contributed by atoms with E-state index in [2.05, 4.69) is 0 Å². The second-order valence-corrected chi connectivity index (χ2v) is 8.15. The molecule has 1 N–H and O–H groups in total. The summed E-state index contributed by atoms with van der Waals surface area (Å²) in [6, 6.07) is 23.4. The first-order valence-electron chi connectivity index (χ1n) is 9.92. The SMILES string of the molecule is COc1ccc(C2N=C3SC=C(c4ccccc4)N3C(c3ccccc3)C2=O)c(O)c1. The monoisotopic (exact) mass is 428 g/mol. The third-order valence-corrected chi connectivity index (χ3v) is 6.35. The molecule has 2 aliphatic rings. The molecule has 154 valence electrons. The number of methoxy groups -OCH3 is 1. The maximum atomic E-state index is 13.8. The Morgan fingerprint density at radius 3 is 2.39 bits per heavy atom. The Kier molecular flexibility index (Phi) is 5.00. The Labute approximate surface area is 184 Å². The summed E-state index contributed by atoms with van der Waals surface area (Å²) in [5.41, 5.74) is 3.35. The van der Waals surface area contributed by atoms with Crippen LogP contribution in [0.1, 0.15) is 28.8 Å². The number of hydrogen-bond acceptors (Lipinski definition) is 6. The molecule has 3 aromatic carbocycles. The van der Waals surface area contributed by atoms with Gasteiger partial charge in [0.1, 0.15) is 23.6 Å². The van der Waals surface area contributed by atoms with E-state index in [1.54, 1.807) is 12.1 Å². The second-order valence-electron chi connectivity index (χ2n) is 7.31. The lowest BCUT2D eigenvalue weighted by molar-refractivity contribution is -0.124. The Hall–Kier alpha value is -3.51. The normalized spacial score (nSPS) is 20.2. The molecule has 0 fully saturated rings. The maximum absolute atomic E-state index is 13.8. The van der Waals surface area contributed by atoms with E-state index in [1.165, 1.54) is 24.9 Å². The highest BCUT2D eigenvalue weighted by atomic mass is 32.2. The van der Waals surface area contributed by atoms with Crippen LogP contribution in [0.2, 0.25) is 0 Å². The van der Waals surface area contributed by atoms with Crippen molar-refractivity contribution in [1.82, 2.24) is 4.90 Å². The van der Waals surface area contributed by atoms with Crippen LogP contribution in [0.5, 0.6) is 11.5 Å². The minimum atomic E-state index is -0.793. The number of carbonyl (C=O) groups is 1. The fourth-order valence-electron chi connectivity index (χ4n) is 3.99. The number of ketones is 1. The Bertz CT molecular complexity index is 1190. The quantitative estimate of drug-likeness (QED) is 0.621. The van der Waals surface area contributed by atoms with Crippen LogP contribution < -0.4 is 4.74 Å². The first kappa shape index (κ1) is 19.5. The van der Waals surface area contributed by atoms with E-state index in [9.17, 15) is 9.90 Å². The molecule has 0 radical (unpaired) electrons. The highest BCUT2D eigenvalue weighted by Gasteiger charge is 2.44. The smallest absolute Gasteiger partial charge is 0.189 e. The Morgan fingerprint density at radius 1 is 1.00 bits per heavy atom. The zero-order chi connectivity index (χ0) is 21.4. The standard InChI is InChI=1S/C25H20N2O3S/c1-30-18-12-13-19(21(28)14-18)22-24(29)23(17-10-6-3-7-11-17)27-20(15-31-25(27)26-22)16-8-4-2-5-9-16/h2-15,22-23,28H,1H3. The van der Waals surface area contributed by atoms with Crippen molar-refractivity contribution in [2.75, 3.05) is 7.11 Å². The van der Waals surface area contributed by atoms with Crippen LogP contribution in [0, 0.1) is 0 Å². The number of phenols is 1. The highest BCUT2D eigenvalue weighted by Crippen LogP contribution is 2.47. The zero-order valence-corrected chi connectivity index (χ0v) is 17.6. The number of aliphatic imine (C=N–C) groups is 1. The van der Waals surface area contributed by atoms with E-state index < -0.39 is 12.1 Å². The molecule has 3 aromatic rings. The first-order chi connectivity index (χ1) is 15.2. The molecule has 0 amide bonds. The third kappa shape index (κ3) is 3.39. The van der Waals surface area contributed by atoms with Crippen molar-refractivity contribution in [3.8, 4) is 11.5 Å². The number of thioether (sulfide) groups is 1. The van der Waals surface area contributed by atoms with E-state index in [-0.39, 0.29) is 11.5 Å². The number of nitrogens with zero attached hydrogens (tertiary/aromatic N) is 2. The van der Waals surface area contributed by atoms with E-state index in [0.717, 1.165) is 22.0 Å². The van der Waals surface area contributed by atoms with Crippen molar-refractivity contribution in [3.05, 3.63) is 101 Å². The molecule has 0 bridgehead atoms. The molecular formula is C25H20N2O3S. The summed E-state index contributed by atoms with van der Waals surface area (Å²) < 4.78 is 5.19. The zero-order valence-electron chi connectivity index (χ0n) is 16.8. The predicted molar refractivity (Wildman–Crippen MR) is 123 cm³/mol. The van der Waals surface area contributed by atoms with Gasteiger partial charge in [-0.3, -0.25) is 4.79 Å². The first-order valence-corrected chi connectivity index (χ1v) is 10.8. The average Bonchev–Trinajstić information content (AvgIpc) is 3.23. The topological polar surface area (TPSA) is 62.1 Å². The summed E-state index contributed by atoms with van der Waals surface area (Å²) in [5, 5.41) is 13.4. The van der Waals surface area contributed by atoms with Crippen LogP contribution in [-0.4, -0.2) is 28.1 Å². The van der Waals surface area contributed by atoms with Crippen LogP contribution >= 0.6 is 11.8 Å². The minimum Gasteiger partial charge on any atom is -0.507 e. The van der Waals surface area contributed by atoms with Crippen molar-refractivity contribution in [2.45, 2.75) is 12.1 Å². The van der Waals surface area contributed by atoms with E-state index in [1.807, 2.05) is 71.0 Å². The van der Waals surface area contributed by atoms with Gasteiger partial charge in [0.2, 0.25) is 0 Å². The van der Waals surface area contributed by atoms with Crippen LogP contribution in [0.25, 0.3) is 5.70 Å². The molecule has 0 aromatic heterocycles. The van der Waals surface area contributed by atoms with Crippen molar-refractivity contribution < 1.29 is 14.6 Å². The Morgan fingerprint density at radius 2 is 1.71 bits per heavy atom. The molecule has 31 heavy (non-hydrogen) atoms. The van der Waals surface area contributed by atoms with Crippen LogP contribution in [-0.2, 0) is 4.79 Å². The number of hydrogen-bond donors (Lipinski definition) is 1. The number of benzene rings is 3. The molecule has 2 atom stereocenters. The van der Waals surface area contributed by atoms with Gasteiger partial charge in [0.15, 0.2) is 11.0 Å². The third-order valence-electron chi connectivity index (χ3n) is 5.50. The van der Waals surface area contributed by atoms with Gasteiger partial charge in [0.05, 0.1) is 12.8 Å². The van der Waals surface area contributed by atoms with Gasteiger partial charge in [-0.05, 0) is 23.3 Å². The number of ether oxygens (including phenoxy) is 1. The fraction of sp³-hybridized carbons (Fsp3) is 0.120. The molecule has 2 heterocycles. The molecule has 6 heteroatoms. The van der Waals surface area contributed by atoms with Crippen molar-refractivity contribution in [1.29, 1.82) is 0 Å². The number of carbonyl (C=O) groups excluding carboxylic acids is 1. The predicted octanol–water partition coefficient (Wildman–Crippen LogP) is 5.17. The lowest BCUT2D eigenvalue weighted by atomic mass is 9.90. The number of fused-ring (bicyclic) bond motifs is 1. The van der Waals surface area contributed by atoms with Gasteiger partial charge in [0.25, 0.3) is 0 Å². The molecule has 5 nitrogen and oxygen atoms in total. The second kappa shape index (κ2) is 7.96. The number of Topliss-reactive ketones (excluding diaryl/α,β-unsaturated/α-hetero) is 1. The van der Waals surface area contributed by atoms with E-state index in [0.29, 0.717) is 11.3 Å². The van der Waals surface area contributed by atoms with Gasteiger partial charge in [-0.2, -0.15) is 0 Å². The lowest BCUT2D eigenvalue weighted by Gasteiger charge is -2.37. The molecule has 2 aliphatic heterocycles. The highest BCUT2D eigenvalue weighted by molar-refractivity contribution is 8.16.